The molecule has 0 fully saturated rings. The zero-order chi connectivity index (χ0) is 12.4. The number of nitrogens with two attached hydrogens (primary N) is 1. The summed E-state index contributed by atoms with van der Waals surface area (Å²) in [7, 11) is 1.82. The lowest BCUT2D eigenvalue weighted by Crippen LogP contribution is -2.23. The van der Waals surface area contributed by atoms with Gasteiger partial charge in [0.05, 0.1) is 5.52 Å². The molecule has 0 spiro atoms. The standard InChI is InChI=1S/C14H18N2O/c1-10(7-8-15)12-9-11-5-3-4-6-13(11)16(2)14(12)17/h3-6,9-10H,7-8,15H2,1-2H3. The van der Waals surface area contributed by atoms with E-state index < -0.39 is 0 Å². The molecule has 2 N–H and O–H groups in total. The summed E-state index contributed by atoms with van der Waals surface area (Å²) in [6, 6.07) is 9.94. The fourth-order valence-electron chi connectivity index (χ4n) is 2.21. The van der Waals surface area contributed by atoms with Gasteiger partial charge in [0, 0.05) is 12.6 Å². The van der Waals surface area contributed by atoms with E-state index in [9.17, 15) is 4.79 Å². The van der Waals surface area contributed by atoms with Gasteiger partial charge in [-0.2, -0.15) is 0 Å². The van der Waals surface area contributed by atoms with Gasteiger partial charge in [0.2, 0.25) is 0 Å². The maximum atomic E-state index is 12.2. The average Bonchev–Trinajstić information content (AvgIpc) is 2.34. The van der Waals surface area contributed by atoms with Crippen LogP contribution < -0.4 is 11.3 Å². The minimum Gasteiger partial charge on any atom is -0.330 e. The van der Waals surface area contributed by atoms with E-state index in [2.05, 4.69) is 6.92 Å². The van der Waals surface area contributed by atoms with Crippen molar-refractivity contribution in [3.8, 4) is 0 Å². The van der Waals surface area contributed by atoms with Gasteiger partial charge in [0.25, 0.3) is 5.56 Å². The summed E-state index contributed by atoms with van der Waals surface area (Å²) in [6.07, 6.45) is 0.841. The topological polar surface area (TPSA) is 48.0 Å². The van der Waals surface area contributed by atoms with E-state index in [0.717, 1.165) is 22.9 Å². The molecular formula is C14H18N2O. The van der Waals surface area contributed by atoms with Gasteiger partial charge in [-0.3, -0.25) is 4.79 Å². The van der Waals surface area contributed by atoms with Crippen molar-refractivity contribution in [3.63, 3.8) is 0 Å². The summed E-state index contributed by atoms with van der Waals surface area (Å²) in [4.78, 5) is 12.2. The third-order valence-corrected chi connectivity index (χ3v) is 3.29. The Morgan fingerprint density at radius 3 is 2.76 bits per heavy atom. The van der Waals surface area contributed by atoms with Crippen molar-refractivity contribution in [3.05, 3.63) is 46.2 Å². The lowest BCUT2D eigenvalue weighted by molar-refractivity contribution is 0.674. The quantitative estimate of drug-likeness (QED) is 0.876. The fourth-order valence-corrected chi connectivity index (χ4v) is 2.21. The van der Waals surface area contributed by atoms with Crippen molar-refractivity contribution in [1.82, 2.24) is 4.57 Å². The first-order valence-electron chi connectivity index (χ1n) is 5.94. The molecule has 0 aliphatic carbocycles. The van der Waals surface area contributed by atoms with Crippen molar-refractivity contribution < 1.29 is 0 Å². The molecule has 0 radical (unpaired) electrons. The van der Waals surface area contributed by atoms with Gasteiger partial charge in [-0.05, 0) is 36.4 Å². The van der Waals surface area contributed by atoms with Gasteiger partial charge in [-0.25, -0.2) is 0 Å². The van der Waals surface area contributed by atoms with Gasteiger partial charge in [-0.1, -0.05) is 25.1 Å². The molecule has 2 aromatic rings. The number of hydrogen-bond acceptors (Lipinski definition) is 2. The third kappa shape index (κ3) is 2.11. The SMILES string of the molecule is CC(CCN)c1cc2ccccc2n(C)c1=O. The Kier molecular flexibility index (Phi) is 3.29. The number of benzene rings is 1. The zero-order valence-corrected chi connectivity index (χ0v) is 10.3. The smallest absolute Gasteiger partial charge is 0.254 e. The van der Waals surface area contributed by atoms with E-state index in [0.29, 0.717) is 6.54 Å². The first kappa shape index (κ1) is 11.9. The van der Waals surface area contributed by atoms with Crippen molar-refractivity contribution in [2.45, 2.75) is 19.3 Å². The molecule has 0 aliphatic rings. The van der Waals surface area contributed by atoms with Crippen LogP contribution in [0.15, 0.2) is 35.1 Å². The number of fused-ring (bicyclic) bond motifs is 1. The highest BCUT2D eigenvalue weighted by atomic mass is 16.1. The Labute approximate surface area is 101 Å². The molecule has 1 aromatic heterocycles. The monoisotopic (exact) mass is 230 g/mol. The van der Waals surface area contributed by atoms with Crippen LogP contribution in [0.3, 0.4) is 0 Å². The summed E-state index contributed by atoms with van der Waals surface area (Å²) < 4.78 is 1.72. The summed E-state index contributed by atoms with van der Waals surface area (Å²) >= 11 is 0. The molecule has 1 atom stereocenters. The van der Waals surface area contributed by atoms with Crippen molar-refractivity contribution >= 4 is 10.9 Å². The lowest BCUT2D eigenvalue weighted by Gasteiger charge is -2.13. The Balaban J connectivity index is 2.66. The maximum Gasteiger partial charge on any atom is 0.254 e. The zero-order valence-electron chi connectivity index (χ0n) is 10.3. The number of rotatable bonds is 3. The van der Waals surface area contributed by atoms with Crippen LogP contribution in [0.2, 0.25) is 0 Å². The summed E-state index contributed by atoms with van der Waals surface area (Å²) in [5, 5.41) is 1.11. The molecule has 90 valence electrons. The number of hydrogen-bond donors (Lipinski definition) is 1. The molecule has 0 aliphatic heterocycles. The van der Waals surface area contributed by atoms with Crippen LogP contribution in [0, 0.1) is 0 Å². The van der Waals surface area contributed by atoms with Crippen LogP contribution in [0.5, 0.6) is 0 Å². The number of para-hydroxylation sites is 1. The van der Waals surface area contributed by atoms with Crippen LogP contribution in [-0.2, 0) is 7.05 Å². The molecule has 1 heterocycles. The minimum absolute atomic E-state index is 0.0876. The van der Waals surface area contributed by atoms with Crippen LogP contribution in [-0.4, -0.2) is 11.1 Å². The summed E-state index contributed by atoms with van der Waals surface area (Å²) in [6.45, 7) is 2.66. The normalized spacial score (nSPS) is 12.9. The fraction of sp³-hybridized carbons (Fsp3) is 0.357. The molecule has 3 nitrogen and oxygen atoms in total. The van der Waals surface area contributed by atoms with Gasteiger partial charge in [0.1, 0.15) is 0 Å². The highest BCUT2D eigenvalue weighted by Crippen LogP contribution is 2.19. The molecular weight excluding hydrogens is 212 g/mol. The van der Waals surface area contributed by atoms with E-state index in [1.165, 1.54) is 0 Å². The molecule has 2 rings (SSSR count). The molecule has 0 saturated heterocycles. The second-order valence-corrected chi connectivity index (χ2v) is 4.50. The number of nitrogens with zero attached hydrogens (tertiary/aromatic N) is 1. The van der Waals surface area contributed by atoms with Crippen LogP contribution in [0.4, 0.5) is 0 Å². The molecule has 0 bridgehead atoms. The Hall–Kier alpha value is -1.61. The molecule has 0 saturated carbocycles. The van der Waals surface area contributed by atoms with Crippen LogP contribution in [0.25, 0.3) is 10.9 Å². The second kappa shape index (κ2) is 4.72. The summed E-state index contributed by atoms with van der Waals surface area (Å²) in [5.74, 6) is 0.211. The van der Waals surface area contributed by atoms with E-state index >= 15 is 0 Å². The minimum atomic E-state index is 0.0876. The number of aryl methyl sites for hydroxylation is 1. The van der Waals surface area contributed by atoms with Gasteiger partial charge in [-0.15, -0.1) is 0 Å². The molecule has 0 amide bonds. The predicted molar refractivity (Wildman–Crippen MR) is 71.3 cm³/mol. The second-order valence-electron chi connectivity index (χ2n) is 4.50. The van der Waals surface area contributed by atoms with Crippen molar-refractivity contribution in [1.29, 1.82) is 0 Å². The highest BCUT2D eigenvalue weighted by Gasteiger charge is 2.12. The molecule has 1 aromatic carbocycles. The molecule has 3 heteroatoms. The van der Waals surface area contributed by atoms with E-state index in [1.807, 2.05) is 37.4 Å². The first-order chi connectivity index (χ1) is 8.15. The van der Waals surface area contributed by atoms with Crippen LogP contribution >= 0.6 is 0 Å². The van der Waals surface area contributed by atoms with E-state index in [-0.39, 0.29) is 11.5 Å². The number of pyridine rings is 1. The van der Waals surface area contributed by atoms with Gasteiger partial charge in [0.15, 0.2) is 0 Å². The third-order valence-electron chi connectivity index (χ3n) is 3.29. The maximum absolute atomic E-state index is 12.2. The van der Waals surface area contributed by atoms with Crippen molar-refractivity contribution in [2.75, 3.05) is 6.54 Å². The first-order valence-corrected chi connectivity index (χ1v) is 5.94. The number of aromatic nitrogens is 1. The Bertz CT molecular complexity index is 586. The van der Waals surface area contributed by atoms with Crippen LogP contribution in [0.1, 0.15) is 24.8 Å². The van der Waals surface area contributed by atoms with Crippen molar-refractivity contribution in [2.24, 2.45) is 12.8 Å². The largest absolute Gasteiger partial charge is 0.330 e. The predicted octanol–water partition coefficient (Wildman–Crippen LogP) is 1.99. The van der Waals surface area contributed by atoms with Gasteiger partial charge >= 0.3 is 0 Å². The van der Waals surface area contributed by atoms with Gasteiger partial charge < -0.3 is 10.3 Å². The van der Waals surface area contributed by atoms with E-state index in [4.69, 9.17) is 5.73 Å². The lowest BCUT2D eigenvalue weighted by atomic mass is 9.97. The van der Waals surface area contributed by atoms with E-state index in [1.54, 1.807) is 4.57 Å². The molecule has 17 heavy (non-hydrogen) atoms. The molecule has 1 unspecified atom stereocenters. The Morgan fingerprint density at radius 1 is 1.35 bits per heavy atom. The Morgan fingerprint density at radius 2 is 2.06 bits per heavy atom. The highest BCUT2D eigenvalue weighted by molar-refractivity contribution is 5.79. The summed E-state index contributed by atoms with van der Waals surface area (Å²) in [5.41, 5.74) is 7.48. The average molecular weight is 230 g/mol.